The van der Waals surface area contributed by atoms with Crippen LogP contribution >= 0.6 is 0 Å². The first-order valence-corrected chi connectivity index (χ1v) is 7.92. The Hall–Kier alpha value is -1.39. The number of aliphatic hydroxyl groups excluding tert-OH is 1. The zero-order chi connectivity index (χ0) is 14.7. The van der Waals surface area contributed by atoms with Gasteiger partial charge in [0.1, 0.15) is 18.5 Å². The third-order valence-electron chi connectivity index (χ3n) is 4.38. The molecule has 4 heteroatoms. The number of benzene rings is 1. The molecule has 1 aliphatic carbocycles. The first-order chi connectivity index (χ1) is 10.2. The van der Waals surface area contributed by atoms with Gasteiger partial charge >= 0.3 is 0 Å². The summed E-state index contributed by atoms with van der Waals surface area (Å²) >= 11 is 0. The Morgan fingerprint density at radius 1 is 1.19 bits per heavy atom. The van der Waals surface area contributed by atoms with Crippen molar-refractivity contribution < 1.29 is 14.6 Å². The van der Waals surface area contributed by atoms with E-state index in [0.29, 0.717) is 19.6 Å². The number of carbonyl (C=O) groups is 1. The van der Waals surface area contributed by atoms with E-state index >= 15 is 0 Å². The number of hydrogen-bond acceptors (Lipinski definition) is 4. The third-order valence-corrected chi connectivity index (χ3v) is 4.38. The van der Waals surface area contributed by atoms with Crippen molar-refractivity contribution in [2.45, 2.75) is 38.2 Å². The largest absolute Gasteiger partial charge is 0.491 e. The first kappa shape index (κ1) is 14.5. The van der Waals surface area contributed by atoms with Crippen molar-refractivity contribution >= 4 is 5.78 Å². The predicted molar refractivity (Wildman–Crippen MR) is 80.9 cm³/mol. The quantitative estimate of drug-likeness (QED) is 0.901. The highest BCUT2D eigenvalue weighted by atomic mass is 16.5. The number of ether oxygens (including phenoxy) is 1. The third kappa shape index (κ3) is 3.44. The van der Waals surface area contributed by atoms with E-state index in [1.807, 2.05) is 18.2 Å². The molecule has 0 aromatic heterocycles. The van der Waals surface area contributed by atoms with E-state index in [4.69, 9.17) is 4.74 Å². The van der Waals surface area contributed by atoms with Crippen LogP contribution in [0.2, 0.25) is 0 Å². The maximum absolute atomic E-state index is 11.7. The number of likely N-dealkylation sites (tertiary alicyclic amines) is 1. The predicted octanol–water partition coefficient (Wildman–Crippen LogP) is 2.04. The van der Waals surface area contributed by atoms with Crippen molar-refractivity contribution in [1.82, 2.24) is 4.90 Å². The fraction of sp³-hybridized carbons (Fsp3) is 0.588. The van der Waals surface area contributed by atoms with Crippen LogP contribution in [0.3, 0.4) is 0 Å². The molecule has 1 aromatic carbocycles. The summed E-state index contributed by atoms with van der Waals surface area (Å²) in [6.07, 6.45) is 4.60. The molecular weight excluding hydrogens is 266 g/mol. The van der Waals surface area contributed by atoms with Crippen molar-refractivity contribution in [1.29, 1.82) is 0 Å². The van der Waals surface area contributed by atoms with Crippen LogP contribution in [0, 0.1) is 0 Å². The molecule has 0 amide bonds. The van der Waals surface area contributed by atoms with Gasteiger partial charge < -0.3 is 14.7 Å². The molecule has 0 radical (unpaired) electrons. The van der Waals surface area contributed by atoms with Gasteiger partial charge in [-0.3, -0.25) is 4.79 Å². The highest BCUT2D eigenvalue weighted by molar-refractivity contribution is 6.01. The minimum Gasteiger partial charge on any atom is -0.491 e. The van der Waals surface area contributed by atoms with Gasteiger partial charge in [0.2, 0.25) is 0 Å². The van der Waals surface area contributed by atoms with Crippen LogP contribution in [0.5, 0.6) is 5.75 Å². The Kier molecular flexibility index (Phi) is 4.56. The summed E-state index contributed by atoms with van der Waals surface area (Å²) in [5.41, 5.74) is 1.80. The second kappa shape index (κ2) is 6.58. The Balaban J connectivity index is 1.54. The standard InChI is InChI=1S/C17H23NO3/c19-13(11-18-9-2-1-3-10-18)12-21-17-6-4-5-14-15(17)7-8-16(14)20/h4-6,13,19H,1-3,7-12H2/t13-/m1/s1. The van der Waals surface area contributed by atoms with Crippen molar-refractivity contribution in [3.63, 3.8) is 0 Å². The number of carbonyl (C=O) groups excluding carboxylic acids is 1. The first-order valence-electron chi connectivity index (χ1n) is 7.92. The van der Waals surface area contributed by atoms with Crippen LogP contribution in [0.25, 0.3) is 0 Å². The van der Waals surface area contributed by atoms with Crippen LogP contribution in [-0.4, -0.2) is 48.1 Å². The van der Waals surface area contributed by atoms with Gasteiger partial charge in [0.15, 0.2) is 5.78 Å². The van der Waals surface area contributed by atoms with Gasteiger partial charge in [-0.1, -0.05) is 18.6 Å². The lowest BCUT2D eigenvalue weighted by Gasteiger charge is -2.28. The number of β-amino-alcohol motifs (C(OH)–C–C–N with tert-alkyl or cyclic N) is 1. The van der Waals surface area contributed by atoms with Crippen LogP contribution in [0.1, 0.15) is 41.6 Å². The summed E-state index contributed by atoms with van der Waals surface area (Å²) in [5, 5.41) is 10.1. The summed E-state index contributed by atoms with van der Waals surface area (Å²) in [4.78, 5) is 14.0. The second-order valence-corrected chi connectivity index (χ2v) is 6.03. The molecule has 1 aliphatic heterocycles. The summed E-state index contributed by atoms with van der Waals surface area (Å²) in [7, 11) is 0. The van der Waals surface area contributed by atoms with Crippen molar-refractivity contribution in [2.75, 3.05) is 26.2 Å². The van der Waals surface area contributed by atoms with Gasteiger partial charge in [0, 0.05) is 24.1 Å². The number of hydrogen-bond donors (Lipinski definition) is 1. The molecule has 21 heavy (non-hydrogen) atoms. The van der Waals surface area contributed by atoms with E-state index in [1.54, 1.807) is 0 Å². The topological polar surface area (TPSA) is 49.8 Å². The molecule has 1 fully saturated rings. The van der Waals surface area contributed by atoms with Crippen LogP contribution in [-0.2, 0) is 6.42 Å². The molecule has 4 nitrogen and oxygen atoms in total. The second-order valence-electron chi connectivity index (χ2n) is 6.03. The van der Waals surface area contributed by atoms with Gasteiger partial charge in [0.05, 0.1) is 0 Å². The van der Waals surface area contributed by atoms with Crippen LogP contribution < -0.4 is 4.74 Å². The van der Waals surface area contributed by atoms with Crippen molar-refractivity contribution in [2.24, 2.45) is 0 Å². The van der Waals surface area contributed by atoms with E-state index in [-0.39, 0.29) is 5.78 Å². The number of piperidine rings is 1. The molecule has 1 heterocycles. The zero-order valence-electron chi connectivity index (χ0n) is 12.4. The zero-order valence-corrected chi connectivity index (χ0v) is 12.4. The molecule has 1 aromatic rings. The number of rotatable bonds is 5. The monoisotopic (exact) mass is 289 g/mol. The van der Waals surface area contributed by atoms with E-state index in [0.717, 1.165) is 36.4 Å². The van der Waals surface area contributed by atoms with Gasteiger partial charge in [-0.15, -0.1) is 0 Å². The fourth-order valence-electron chi connectivity index (χ4n) is 3.27. The minimum atomic E-state index is -0.476. The van der Waals surface area contributed by atoms with Gasteiger partial charge in [-0.25, -0.2) is 0 Å². The number of fused-ring (bicyclic) bond motifs is 1. The maximum Gasteiger partial charge on any atom is 0.163 e. The molecule has 1 atom stereocenters. The van der Waals surface area contributed by atoms with Crippen LogP contribution in [0.15, 0.2) is 18.2 Å². The lowest BCUT2D eigenvalue weighted by molar-refractivity contribution is 0.0614. The van der Waals surface area contributed by atoms with Gasteiger partial charge in [-0.05, 0) is 38.4 Å². The molecule has 0 spiro atoms. The van der Waals surface area contributed by atoms with Crippen molar-refractivity contribution in [3.05, 3.63) is 29.3 Å². The number of ketones is 1. The number of aliphatic hydroxyl groups is 1. The molecule has 0 saturated carbocycles. The van der Waals surface area contributed by atoms with Crippen molar-refractivity contribution in [3.8, 4) is 5.75 Å². The smallest absolute Gasteiger partial charge is 0.163 e. The fourth-order valence-corrected chi connectivity index (χ4v) is 3.27. The Bertz CT molecular complexity index is 509. The maximum atomic E-state index is 11.7. The molecule has 3 rings (SSSR count). The molecule has 1 saturated heterocycles. The Labute approximate surface area is 125 Å². The molecule has 114 valence electrons. The number of nitrogens with zero attached hydrogens (tertiary/aromatic N) is 1. The highest BCUT2D eigenvalue weighted by Gasteiger charge is 2.23. The molecule has 0 unspecified atom stereocenters. The average molecular weight is 289 g/mol. The lowest BCUT2D eigenvalue weighted by atomic mass is 10.1. The molecular formula is C17H23NO3. The summed E-state index contributed by atoms with van der Waals surface area (Å²) in [5.74, 6) is 0.959. The average Bonchev–Trinajstić information content (AvgIpc) is 2.88. The van der Waals surface area contributed by atoms with E-state index in [9.17, 15) is 9.90 Å². The molecule has 0 bridgehead atoms. The summed E-state index contributed by atoms with van der Waals surface area (Å²) in [6, 6.07) is 5.61. The molecule has 2 aliphatic rings. The summed E-state index contributed by atoms with van der Waals surface area (Å²) in [6.45, 7) is 3.12. The van der Waals surface area contributed by atoms with E-state index in [1.165, 1.54) is 19.3 Å². The molecule has 1 N–H and O–H groups in total. The SMILES string of the molecule is O=C1CCc2c(OC[C@H](O)CN3CCCCC3)cccc21. The Morgan fingerprint density at radius 3 is 2.81 bits per heavy atom. The van der Waals surface area contributed by atoms with E-state index < -0.39 is 6.10 Å². The normalized spacial score (nSPS) is 20.3. The highest BCUT2D eigenvalue weighted by Crippen LogP contribution is 2.30. The van der Waals surface area contributed by atoms with Gasteiger partial charge in [0.25, 0.3) is 0 Å². The van der Waals surface area contributed by atoms with E-state index in [2.05, 4.69) is 4.90 Å². The number of Topliss-reactive ketones (excluding diaryl/α,β-unsaturated/α-hetero) is 1. The lowest BCUT2D eigenvalue weighted by Crippen LogP contribution is -2.38. The minimum absolute atomic E-state index is 0.198. The summed E-state index contributed by atoms with van der Waals surface area (Å²) < 4.78 is 5.77. The Morgan fingerprint density at radius 2 is 2.00 bits per heavy atom. The van der Waals surface area contributed by atoms with Gasteiger partial charge in [-0.2, -0.15) is 0 Å². The van der Waals surface area contributed by atoms with Crippen LogP contribution in [0.4, 0.5) is 0 Å².